The lowest BCUT2D eigenvalue weighted by atomic mass is 10.1. The Labute approximate surface area is 139 Å². The van der Waals surface area contributed by atoms with Crippen LogP contribution in [0.25, 0.3) is 0 Å². The van der Waals surface area contributed by atoms with E-state index < -0.39 is 10.0 Å². The SMILES string of the molecule is CCCCS(=O)(=O)NCC(c1ccccc1Cl)N(CC)CC. The third kappa shape index (κ3) is 5.88. The maximum absolute atomic E-state index is 12.0. The highest BCUT2D eigenvalue weighted by molar-refractivity contribution is 7.89. The van der Waals surface area contributed by atoms with Gasteiger partial charge in [-0.15, -0.1) is 0 Å². The zero-order valence-corrected chi connectivity index (χ0v) is 15.3. The molecule has 0 saturated heterocycles. The molecular weight excluding hydrogens is 320 g/mol. The molecule has 0 heterocycles. The fraction of sp³-hybridized carbons (Fsp3) is 0.625. The Hall–Kier alpha value is -0.620. The zero-order valence-electron chi connectivity index (χ0n) is 13.7. The highest BCUT2D eigenvalue weighted by atomic mass is 35.5. The maximum atomic E-state index is 12.0. The molecule has 1 unspecified atom stereocenters. The molecule has 6 heteroatoms. The Morgan fingerprint density at radius 3 is 2.36 bits per heavy atom. The molecule has 1 N–H and O–H groups in total. The van der Waals surface area contributed by atoms with Crippen LogP contribution >= 0.6 is 11.6 Å². The number of likely N-dealkylation sites (N-methyl/N-ethyl adjacent to an activating group) is 1. The first-order valence-corrected chi connectivity index (χ1v) is 9.94. The Bertz CT molecular complexity index is 545. The van der Waals surface area contributed by atoms with Gasteiger partial charge in [-0.25, -0.2) is 13.1 Å². The van der Waals surface area contributed by atoms with Crippen molar-refractivity contribution in [2.45, 2.75) is 39.7 Å². The standard InChI is InChI=1S/C16H27ClN2O2S/c1-4-7-12-22(20,21)18-13-16(19(5-2)6-3)14-10-8-9-11-15(14)17/h8-11,16,18H,4-7,12-13H2,1-3H3. The number of hydrogen-bond acceptors (Lipinski definition) is 3. The van der Waals surface area contributed by atoms with Crippen molar-refractivity contribution in [2.75, 3.05) is 25.4 Å². The van der Waals surface area contributed by atoms with E-state index in [-0.39, 0.29) is 11.8 Å². The second-order valence-corrected chi connectivity index (χ2v) is 7.61. The van der Waals surface area contributed by atoms with Crippen molar-refractivity contribution in [2.24, 2.45) is 0 Å². The predicted octanol–water partition coefficient (Wildman–Crippen LogP) is 3.44. The van der Waals surface area contributed by atoms with E-state index >= 15 is 0 Å². The Morgan fingerprint density at radius 1 is 1.18 bits per heavy atom. The Balaban J connectivity index is 2.91. The first-order chi connectivity index (χ1) is 10.4. The van der Waals surface area contributed by atoms with Gasteiger partial charge in [-0.3, -0.25) is 4.90 Å². The van der Waals surface area contributed by atoms with Gasteiger partial charge >= 0.3 is 0 Å². The number of unbranched alkanes of at least 4 members (excludes halogenated alkanes) is 1. The molecule has 0 aromatic heterocycles. The molecule has 0 aliphatic rings. The first kappa shape index (κ1) is 19.4. The molecular formula is C16H27ClN2O2S. The van der Waals surface area contributed by atoms with Crippen LogP contribution in [0.5, 0.6) is 0 Å². The summed E-state index contributed by atoms with van der Waals surface area (Å²) in [6.45, 7) is 8.14. The number of halogens is 1. The molecule has 1 atom stereocenters. The van der Waals surface area contributed by atoms with E-state index in [1.165, 1.54) is 0 Å². The monoisotopic (exact) mass is 346 g/mol. The highest BCUT2D eigenvalue weighted by Crippen LogP contribution is 2.27. The molecule has 1 rings (SSSR count). The quantitative estimate of drug-likeness (QED) is 0.706. The van der Waals surface area contributed by atoms with Crippen molar-refractivity contribution in [3.8, 4) is 0 Å². The summed E-state index contributed by atoms with van der Waals surface area (Å²) in [5, 5.41) is 0.673. The average molecular weight is 347 g/mol. The summed E-state index contributed by atoms with van der Waals surface area (Å²) in [4.78, 5) is 2.21. The molecule has 22 heavy (non-hydrogen) atoms. The van der Waals surface area contributed by atoms with E-state index in [0.717, 1.165) is 25.1 Å². The number of hydrogen-bond donors (Lipinski definition) is 1. The second-order valence-electron chi connectivity index (χ2n) is 5.28. The van der Waals surface area contributed by atoms with Gasteiger partial charge in [0.1, 0.15) is 0 Å². The van der Waals surface area contributed by atoms with Gasteiger partial charge in [0.25, 0.3) is 0 Å². The topological polar surface area (TPSA) is 49.4 Å². The summed E-state index contributed by atoms with van der Waals surface area (Å²) in [6.07, 6.45) is 1.54. The lowest BCUT2D eigenvalue weighted by Crippen LogP contribution is -2.38. The molecule has 1 aromatic carbocycles. The van der Waals surface area contributed by atoms with E-state index in [1.54, 1.807) is 0 Å². The molecule has 1 aromatic rings. The summed E-state index contributed by atoms with van der Waals surface area (Å²) < 4.78 is 26.8. The second kappa shape index (κ2) is 9.50. The van der Waals surface area contributed by atoms with Crippen molar-refractivity contribution in [1.29, 1.82) is 0 Å². The van der Waals surface area contributed by atoms with E-state index in [4.69, 9.17) is 11.6 Å². The fourth-order valence-electron chi connectivity index (χ4n) is 2.46. The van der Waals surface area contributed by atoms with Crippen LogP contribution in [0.2, 0.25) is 5.02 Å². The minimum atomic E-state index is -3.23. The maximum Gasteiger partial charge on any atom is 0.211 e. The van der Waals surface area contributed by atoms with Crippen LogP contribution in [0.15, 0.2) is 24.3 Å². The molecule has 0 fully saturated rings. The molecule has 0 aliphatic heterocycles. The third-order valence-electron chi connectivity index (χ3n) is 3.78. The van der Waals surface area contributed by atoms with Crippen molar-refractivity contribution in [3.05, 3.63) is 34.9 Å². The minimum absolute atomic E-state index is 0.0555. The molecule has 0 amide bonds. The summed E-state index contributed by atoms with van der Waals surface area (Å²) in [6, 6.07) is 7.57. The Morgan fingerprint density at radius 2 is 1.82 bits per heavy atom. The van der Waals surface area contributed by atoms with Crippen LogP contribution in [-0.4, -0.2) is 38.7 Å². The zero-order chi connectivity index (χ0) is 16.6. The van der Waals surface area contributed by atoms with E-state index in [2.05, 4.69) is 23.5 Å². The van der Waals surface area contributed by atoms with Crippen LogP contribution in [0, 0.1) is 0 Å². The molecule has 0 aliphatic carbocycles. The van der Waals surface area contributed by atoms with Crippen molar-refractivity contribution >= 4 is 21.6 Å². The summed E-state index contributed by atoms with van der Waals surface area (Å²) in [5.41, 5.74) is 0.964. The number of rotatable bonds is 10. The van der Waals surface area contributed by atoms with Gasteiger partial charge in [-0.1, -0.05) is 57.0 Å². The van der Waals surface area contributed by atoms with Crippen molar-refractivity contribution in [1.82, 2.24) is 9.62 Å². The Kier molecular flexibility index (Phi) is 8.39. The van der Waals surface area contributed by atoms with Gasteiger partial charge < -0.3 is 0 Å². The molecule has 126 valence electrons. The van der Waals surface area contributed by atoms with E-state index in [1.807, 2.05) is 31.2 Å². The van der Waals surface area contributed by atoms with Crippen molar-refractivity contribution < 1.29 is 8.42 Å². The molecule has 0 radical (unpaired) electrons. The predicted molar refractivity (Wildman–Crippen MR) is 93.8 cm³/mol. The van der Waals surface area contributed by atoms with Gasteiger partial charge in [-0.05, 0) is 31.1 Å². The van der Waals surface area contributed by atoms with Gasteiger partial charge in [-0.2, -0.15) is 0 Å². The van der Waals surface area contributed by atoms with Crippen LogP contribution < -0.4 is 4.72 Å². The normalized spacial score (nSPS) is 13.5. The number of benzene rings is 1. The lowest BCUT2D eigenvalue weighted by Gasteiger charge is -2.30. The average Bonchev–Trinajstić information content (AvgIpc) is 2.50. The number of nitrogens with one attached hydrogen (secondary N) is 1. The van der Waals surface area contributed by atoms with Gasteiger partial charge in [0, 0.05) is 17.6 Å². The summed E-state index contributed by atoms with van der Waals surface area (Å²) in [7, 11) is -3.23. The van der Waals surface area contributed by atoms with Gasteiger partial charge in [0.05, 0.1) is 5.75 Å². The van der Waals surface area contributed by atoms with Gasteiger partial charge in [0.15, 0.2) is 0 Å². The van der Waals surface area contributed by atoms with Gasteiger partial charge in [0.2, 0.25) is 10.0 Å². The van der Waals surface area contributed by atoms with Crippen LogP contribution in [-0.2, 0) is 10.0 Å². The fourth-order valence-corrected chi connectivity index (χ4v) is 3.94. The smallest absolute Gasteiger partial charge is 0.211 e. The van der Waals surface area contributed by atoms with Crippen LogP contribution in [0.3, 0.4) is 0 Å². The number of nitrogens with zero attached hydrogens (tertiary/aromatic N) is 1. The highest BCUT2D eigenvalue weighted by Gasteiger charge is 2.22. The lowest BCUT2D eigenvalue weighted by molar-refractivity contribution is 0.220. The van der Waals surface area contributed by atoms with E-state index in [0.29, 0.717) is 18.0 Å². The molecule has 4 nitrogen and oxygen atoms in total. The summed E-state index contributed by atoms with van der Waals surface area (Å²) >= 11 is 6.31. The molecule has 0 spiro atoms. The van der Waals surface area contributed by atoms with Crippen molar-refractivity contribution in [3.63, 3.8) is 0 Å². The molecule has 0 saturated carbocycles. The van der Waals surface area contributed by atoms with E-state index in [9.17, 15) is 8.42 Å². The van der Waals surface area contributed by atoms with Crippen LogP contribution in [0.4, 0.5) is 0 Å². The largest absolute Gasteiger partial charge is 0.296 e. The molecule has 0 bridgehead atoms. The number of sulfonamides is 1. The first-order valence-electron chi connectivity index (χ1n) is 7.90. The van der Waals surface area contributed by atoms with Crippen LogP contribution in [0.1, 0.15) is 45.2 Å². The summed E-state index contributed by atoms with van der Waals surface area (Å²) in [5.74, 6) is 0.178. The third-order valence-corrected chi connectivity index (χ3v) is 5.56. The minimum Gasteiger partial charge on any atom is -0.296 e.